The molecule has 6 rings (SSSR count). The van der Waals surface area contributed by atoms with Crippen molar-refractivity contribution in [3.8, 4) is 0 Å². The lowest BCUT2D eigenvalue weighted by molar-refractivity contribution is -0.272. The summed E-state index contributed by atoms with van der Waals surface area (Å²) in [6.07, 6.45) is 16.2. The van der Waals surface area contributed by atoms with E-state index in [4.69, 9.17) is 9.47 Å². The highest BCUT2D eigenvalue weighted by Gasteiger charge is 2.70. The number of hydrogen-bond acceptors (Lipinski definition) is 2. The van der Waals surface area contributed by atoms with E-state index >= 15 is 0 Å². The fourth-order valence-electron chi connectivity index (χ4n) is 10.2. The van der Waals surface area contributed by atoms with E-state index in [1.807, 2.05) is 0 Å². The average Bonchev–Trinajstić information content (AvgIpc) is 3.11. The van der Waals surface area contributed by atoms with Crippen LogP contribution >= 0.6 is 0 Å². The normalized spacial score (nSPS) is 61.7. The van der Waals surface area contributed by atoms with Crippen LogP contribution in [0.25, 0.3) is 0 Å². The Bertz CT molecular complexity index is 651. The summed E-state index contributed by atoms with van der Waals surface area (Å²) in [4.78, 5) is 0. The minimum absolute atomic E-state index is 0.263. The molecule has 2 saturated heterocycles. The van der Waals surface area contributed by atoms with Gasteiger partial charge < -0.3 is 9.47 Å². The molecule has 2 heteroatoms. The van der Waals surface area contributed by atoms with E-state index < -0.39 is 0 Å². The summed E-state index contributed by atoms with van der Waals surface area (Å²) in [7, 11) is 0. The number of hydrogen-bond donors (Lipinski definition) is 0. The summed E-state index contributed by atoms with van der Waals surface area (Å²) in [6.45, 7) is 11.0. The topological polar surface area (TPSA) is 18.5 Å². The molecular weight excluding hydrogens is 356 g/mol. The second-order valence-electron chi connectivity index (χ2n) is 12.8. The Morgan fingerprint density at radius 1 is 0.793 bits per heavy atom. The molecule has 0 aromatic heterocycles. The largest absolute Gasteiger partial charge is 0.349 e. The molecule has 29 heavy (non-hydrogen) atoms. The van der Waals surface area contributed by atoms with Crippen LogP contribution in [0.1, 0.15) is 98.3 Å². The maximum atomic E-state index is 6.96. The van der Waals surface area contributed by atoms with Gasteiger partial charge in [0.2, 0.25) is 0 Å². The van der Waals surface area contributed by atoms with E-state index in [0.717, 1.165) is 42.6 Å². The molecule has 0 bridgehead atoms. The molecule has 1 spiro atoms. The van der Waals surface area contributed by atoms with Crippen molar-refractivity contribution in [3.05, 3.63) is 0 Å². The van der Waals surface area contributed by atoms with Gasteiger partial charge in [0, 0.05) is 17.8 Å². The second-order valence-corrected chi connectivity index (χ2v) is 12.8. The van der Waals surface area contributed by atoms with Crippen molar-refractivity contribution in [2.45, 2.75) is 110 Å². The highest BCUT2D eigenvalue weighted by molar-refractivity contribution is 5.15. The number of fused-ring (bicyclic) bond motifs is 7. The highest BCUT2D eigenvalue weighted by atomic mass is 16.7. The summed E-state index contributed by atoms with van der Waals surface area (Å²) < 4.78 is 13.5. The predicted octanol–water partition coefficient (Wildman–Crippen LogP) is 6.82. The van der Waals surface area contributed by atoms with Crippen LogP contribution in [0.15, 0.2) is 0 Å². The van der Waals surface area contributed by atoms with Crippen molar-refractivity contribution in [1.82, 2.24) is 0 Å². The van der Waals surface area contributed by atoms with E-state index in [-0.39, 0.29) is 5.79 Å². The molecule has 2 nitrogen and oxygen atoms in total. The van der Waals surface area contributed by atoms with Gasteiger partial charge in [-0.15, -0.1) is 0 Å². The van der Waals surface area contributed by atoms with Crippen LogP contribution in [0.4, 0.5) is 0 Å². The van der Waals surface area contributed by atoms with Crippen LogP contribution in [0, 0.1) is 52.3 Å². The van der Waals surface area contributed by atoms with Crippen LogP contribution in [0.3, 0.4) is 0 Å². The third-order valence-corrected chi connectivity index (χ3v) is 12.0. The molecule has 2 heterocycles. The van der Waals surface area contributed by atoms with E-state index in [1.165, 1.54) is 64.2 Å². The number of rotatable bonds is 0. The molecule has 0 amide bonds. The van der Waals surface area contributed by atoms with Crippen molar-refractivity contribution < 1.29 is 9.47 Å². The fourth-order valence-corrected chi connectivity index (χ4v) is 10.2. The van der Waals surface area contributed by atoms with Crippen LogP contribution in [0.2, 0.25) is 0 Å². The Morgan fingerprint density at radius 3 is 2.41 bits per heavy atom. The Hall–Kier alpha value is -0.0800. The molecule has 164 valence electrons. The van der Waals surface area contributed by atoms with Gasteiger partial charge in [0.25, 0.3) is 0 Å². The quantitative estimate of drug-likeness (QED) is 0.444. The lowest BCUT2D eigenvalue weighted by Gasteiger charge is -2.59. The van der Waals surface area contributed by atoms with Crippen molar-refractivity contribution in [2.75, 3.05) is 6.61 Å². The molecule has 6 aliphatic rings. The first-order valence-electron chi connectivity index (χ1n) is 13.2. The summed E-state index contributed by atoms with van der Waals surface area (Å²) in [5.74, 6) is 5.78. The van der Waals surface area contributed by atoms with Gasteiger partial charge in [0.1, 0.15) is 0 Å². The van der Waals surface area contributed by atoms with Crippen LogP contribution in [0.5, 0.6) is 0 Å². The Balaban J connectivity index is 1.27. The molecule has 0 unspecified atom stereocenters. The first kappa shape index (κ1) is 19.6. The van der Waals surface area contributed by atoms with Crippen LogP contribution in [-0.4, -0.2) is 18.5 Å². The van der Waals surface area contributed by atoms with Gasteiger partial charge in [-0.2, -0.15) is 0 Å². The molecular formula is C27H44O2. The first-order valence-corrected chi connectivity index (χ1v) is 13.2. The van der Waals surface area contributed by atoms with Crippen LogP contribution < -0.4 is 0 Å². The summed E-state index contributed by atoms with van der Waals surface area (Å²) in [5, 5.41) is 0. The van der Waals surface area contributed by atoms with Crippen molar-refractivity contribution in [2.24, 2.45) is 52.3 Å². The van der Waals surface area contributed by atoms with Crippen LogP contribution in [-0.2, 0) is 9.47 Å². The maximum absolute atomic E-state index is 6.96. The summed E-state index contributed by atoms with van der Waals surface area (Å²) >= 11 is 0. The zero-order chi connectivity index (χ0) is 20.0. The van der Waals surface area contributed by atoms with Gasteiger partial charge in [0.15, 0.2) is 5.79 Å². The molecule has 0 aromatic carbocycles. The minimum Gasteiger partial charge on any atom is -0.349 e. The average molecular weight is 401 g/mol. The molecule has 0 aromatic rings. The third-order valence-electron chi connectivity index (χ3n) is 12.0. The molecule has 4 aliphatic carbocycles. The minimum atomic E-state index is -0.263. The molecule has 2 aliphatic heterocycles. The fraction of sp³-hybridized carbons (Fsp3) is 1.00. The summed E-state index contributed by atoms with van der Waals surface area (Å²) in [5.41, 5.74) is 0.988. The van der Waals surface area contributed by atoms with Crippen molar-refractivity contribution >= 4 is 0 Å². The summed E-state index contributed by atoms with van der Waals surface area (Å²) in [6, 6.07) is 0. The smallest absolute Gasteiger partial charge is 0.171 e. The second kappa shape index (κ2) is 6.47. The Kier molecular flexibility index (Phi) is 4.37. The van der Waals surface area contributed by atoms with Gasteiger partial charge in [-0.3, -0.25) is 0 Å². The molecule has 0 N–H and O–H groups in total. The van der Waals surface area contributed by atoms with Gasteiger partial charge >= 0.3 is 0 Å². The van der Waals surface area contributed by atoms with E-state index in [2.05, 4.69) is 27.7 Å². The van der Waals surface area contributed by atoms with Gasteiger partial charge in [0.05, 0.1) is 12.7 Å². The van der Waals surface area contributed by atoms with E-state index in [1.54, 1.807) is 0 Å². The van der Waals surface area contributed by atoms with E-state index in [9.17, 15) is 0 Å². The predicted molar refractivity (Wildman–Crippen MR) is 116 cm³/mol. The zero-order valence-corrected chi connectivity index (χ0v) is 19.4. The molecule has 11 atom stereocenters. The maximum Gasteiger partial charge on any atom is 0.171 e. The lowest BCUT2D eigenvalue weighted by atomic mass is 9.46. The molecule has 6 fully saturated rings. The Labute approximate surface area is 178 Å². The zero-order valence-electron chi connectivity index (χ0n) is 19.4. The highest BCUT2D eigenvalue weighted by Crippen LogP contribution is 2.71. The number of ether oxygens (including phenoxy) is 2. The molecule has 0 radical (unpaired) electrons. The van der Waals surface area contributed by atoms with Gasteiger partial charge in [-0.1, -0.05) is 40.5 Å². The van der Waals surface area contributed by atoms with Gasteiger partial charge in [-0.05, 0) is 92.3 Å². The standard InChI is InChI=1S/C27H44O2/c1-17-12-14-27(28-16-17)18(2)26(4)23-11-10-22-20(21(23)15-24(26)29-27)9-8-19-7-5-6-13-25(19,22)3/h17-24H,5-16H2,1-4H3/t17-,18+,19-,20-,21-,22-,23+,24+,25+,26+,27+/m1/s1. The van der Waals surface area contributed by atoms with Gasteiger partial charge in [-0.25, -0.2) is 0 Å². The first-order chi connectivity index (χ1) is 13.9. The SMILES string of the molecule is C[C@@H]1CC[C@]2(OC1)O[C@H]1C[C@@H]3[C@H]4CC[C@H]5CCCC[C@]5(C)[C@@H]4CC[C@@H]3[C@]1(C)[C@@H]2C. The Morgan fingerprint density at radius 2 is 1.62 bits per heavy atom. The van der Waals surface area contributed by atoms with Crippen molar-refractivity contribution in [1.29, 1.82) is 0 Å². The van der Waals surface area contributed by atoms with E-state index in [0.29, 0.717) is 28.8 Å². The monoisotopic (exact) mass is 400 g/mol. The van der Waals surface area contributed by atoms with Crippen molar-refractivity contribution in [3.63, 3.8) is 0 Å². The lowest BCUT2D eigenvalue weighted by Crippen LogP contribution is -2.52. The molecule has 4 saturated carbocycles. The third kappa shape index (κ3) is 2.48.